The van der Waals surface area contributed by atoms with Gasteiger partial charge in [-0.05, 0) is 25.7 Å². The molecule has 1 amide bonds. The third kappa shape index (κ3) is 2.01. The largest absolute Gasteiger partial charge is 0.382 e. The Morgan fingerprint density at radius 3 is 2.82 bits per heavy atom. The van der Waals surface area contributed by atoms with E-state index in [2.05, 4.69) is 24.0 Å². The van der Waals surface area contributed by atoms with Gasteiger partial charge in [0.1, 0.15) is 5.56 Å². The Labute approximate surface area is 101 Å². The standard InChI is InChI=1S/C12H20N4O/c1-7(2)9-5-4-6-16(9)12(17)10-8(3)14-15-11(10)13/h7,9H,4-6H2,1-3H3,(H3,13,14,15). The molecule has 1 aliphatic rings. The fraction of sp³-hybridized carbons (Fsp3) is 0.667. The van der Waals surface area contributed by atoms with Crippen LogP contribution in [0, 0.1) is 12.8 Å². The molecule has 0 saturated carbocycles. The molecule has 0 aliphatic carbocycles. The lowest BCUT2D eigenvalue weighted by Gasteiger charge is -2.27. The minimum Gasteiger partial charge on any atom is -0.382 e. The van der Waals surface area contributed by atoms with Gasteiger partial charge in [0, 0.05) is 18.3 Å². The van der Waals surface area contributed by atoms with Crippen molar-refractivity contribution in [2.75, 3.05) is 12.3 Å². The number of carbonyl (C=O) groups excluding carboxylic acids is 1. The number of H-pyrrole nitrogens is 1. The quantitative estimate of drug-likeness (QED) is 0.818. The van der Waals surface area contributed by atoms with Crippen LogP contribution in [0.15, 0.2) is 0 Å². The molecule has 94 valence electrons. The first-order chi connectivity index (χ1) is 8.02. The number of hydrogen-bond acceptors (Lipinski definition) is 3. The topological polar surface area (TPSA) is 75.0 Å². The molecule has 2 rings (SSSR count). The summed E-state index contributed by atoms with van der Waals surface area (Å²) in [5.74, 6) is 0.807. The zero-order valence-corrected chi connectivity index (χ0v) is 10.7. The minimum absolute atomic E-state index is 0.0185. The maximum absolute atomic E-state index is 12.5. The molecule has 1 atom stereocenters. The Morgan fingerprint density at radius 1 is 1.59 bits per heavy atom. The first-order valence-corrected chi connectivity index (χ1v) is 6.13. The summed E-state index contributed by atoms with van der Waals surface area (Å²) in [5, 5.41) is 6.65. The first kappa shape index (κ1) is 12.0. The maximum Gasteiger partial charge on any atom is 0.259 e. The molecule has 0 bridgehead atoms. The molecule has 1 aromatic rings. The number of aromatic nitrogens is 2. The first-order valence-electron chi connectivity index (χ1n) is 6.13. The Kier molecular flexibility index (Phi) is 3.09. The van der Waals surface area contributed by atoms with Gasteiger partial charge < -0.3 is 10.6 Å². The van der Waals surface area contributed by atoms with Crippen molar-refractivity contribution in [1.82, 2.24) is 15.1 Å². The summed E-state index contributed by atoms with van der Waals surface area (Å²) in [5.41, 5.74) is 7.03. The predicted molar refractivity (Wildman–Crippen MR) is 66.6 cm³/mol. The number of aromatic amines is 1. The average Bonchev–Trinajstić information content (AvgIpc) is 2.85. The summed E-state index contributed by atoms with van der Waals surface area (Å²) in [6.45, 7) is 6.96. The van der Waals surface area contributed by atoms with Gasteiger partial charge in [-0.2, -0.15) is 5.10 Å². The molecule has 1 aromatic heterocycles. The van der Waals surface area contributed by atoms with Crippen LogP contribution in [0.4, 0.5) is 5.82 Å². The Morgan fingerprint density at radius 2 is 2.29 bits per heavy atom. The van der Waals surface area contributed by atoms with Crippen molar-refractivity contribution in [2.45, 2.75) is 39.7 Å². The number of carbonyl (C=O) groups is 1. The number of rotatable bonds is 2. The highest BCUT2D eigenvalue weighted by Crippen LogP contribution is 2.27. The van der Waals surface area contributed by atoms with Crippen LogP contribution >= 0.6 is 0 Å². The van der Waals surface area contributed by atoms with Crippen molar-refractivity contribution in [2.24, 2.45) is 5.92 Å². The smallest absolute Gasteiger partial charge is 0.259 e. The number of nitrogens with zero attached hydrogens (tertiary/aromatic N) is 2. The van der Waals surface area contributed by atoms with E-state index in [4.69, 9.17) is 5.73 Å². The van der Waals surface area contributed by atoms with E-state index in [-0.39, 0.29) is 5.91 Å². The summed E-state index contributed by atoms with van der Waals surface area (Å²) >= 11 is 0. The Balaban J connectivity index is 2.26. The highest BCUT2D eigenvalue weighted by atomic mass is 16.2. The molecule has 1 aliphatic heterocycles. The van der Waals surface area contributed by atoms with Crippen LogP contribution in [-0.4, -0.2) is 33.6 Å². The summed E-state index contributed by atoms with van der Waals surface area (Å²) in [7, 11) is 0. The average molecular weight is 236 g/mol. The number of amides is 1. The zero-order chi connectivity index (χ0) is 12.6. The molecule has 5 heteroatoms. The highest BCUT2D eigenvalue weighted by molar-refractivity contribution is 5.99. The summed E-state index contributed by atoms with van der Waals surface area (Å²) in [6, 6.07) is 0.330. The molecule has 1 saturated heterocycles. The second kappa shape index (κ2) is 4.39. The summed E-state index contributed by atoms with van der Waals surface area (Å²) in [4.78, 5) is 14.4. The van der Waals surface area contributed by atoms with Crippen LogP contribution in [0.1, 0.15) is 42.7 Å². The lowest BCUT2D eigenvalue weighted by atomic mass is 10.0. The third-order valence-electron chi connectivity index (χ3n) is 3.52. The van der Waals surface area contributed by atoms with E-state index in [9.17, 15) is 4.79 Å². The van der Waals surface area contributed by atoms with E-state index in [1.807, 2.05) is 11.8 Å². The van der Waals surface area contributed by atoms with Crippen molar-refractivity contribution in [3.8, 4) is 0 Å². The number of nitrogen functional groups attached to an aromatic ring is 1. The van der Waals surface area contributed by atoms with Crippen LogP contribution in [0.2, 0.25) is 0 Å². The Hall–Kier alpha value is -1.52. The lowest BCUT2D eigenvalue weighted by molar-refractivity contribution is 0.0702. The van der Waals surface area contributed by atoms with Crippen molar-refractivity contribution in [3.05, 3.63) is 11.3 Å². The van der Waals surface area contributed by atoms with Gasteiger partial charge in [-0.15, -0.1) is 0 Å². The molecular weight excluding hydrogens is 216 g/mol. The Bertz CT molecular complexity index is 405. The summed E-state index contributed by atoms with van der Waals surface area (Å²) < 4.78 is 0. The monoisotopic (exact) mass is 236 g/mol. The molecule has 17 heavy (non-hydrogen) atoms. The van der Waals surface area contributed by atoms with E-state index in [0.29, 0.717) is 23.3 Å². The van der Waals surface area contributed by atoms with Gasteiger partial charge >= 0.3 is 0 Å². The van der Waals surface area contributed by atoms with Crippen LogP contribution in [0.25, 0.3) is 0 Å². The van der Waals surface area contributed by atoms with Crippen molar-refractivity contribution >= 4 is 11.7 Å². The molecule has 2 heterocycles. The van der Waals surface area contributed by atoms with E-state index >= 15 is 0 Å². The molecule has 1 unspecified atom stereocenters. The van der Waals surface area contributed by atoms with Crippen LogP contribution in [-0.2, 0) is 0 Å². The molecule has 0 aromatic carbocycles. The number of anilines is 1. The number of likely N-dealkylation sites (tertiary alicyclic amines) is 1. The van der Waals surface area contributed by atoms with Gasteiger partial charge in [-0.25, -0.2) is 0 Å². The van der Waals surface area contributed by atoms with Gasteiger partial charge in [0.15, 0.2) is 5.82 Å². The summed E-state index contributed by atoms with van der Waals surface area (Å²) in [6.07, 6.45) is 2.16. The van der Waals surface area contributed by atoms with Crippen LogP contribution < -0.4 is 5.73 Å². The van der Waals surface area contributed by atoms with Crippen molar-refractivity contribution < 1.29 is 4.79 Å². The van der Waals surface area contributed by atoms with Gasteiger partial charge in [-0.1, -0.05) is 13.8 Å². The minimum atomic E-state index is 0.0185. The van der Waals surface area contributed by atoms with Crippen LogP contribution in [0.5, 0.6) is 0 Å². The lowest BCUT2D eigenvalue weighted by Crippen LogP contribution is -2.38. The van der Waals surface area contributed by atoms with Crippen molar-refractivity contribution in [1.29, 1.82) is 0 Å². The molecule has 0 spiro atoms. The second-order valence-electron chi connectivity index (χ2n) is 5.06. The van der Waals surface area contributed by atoms with Gasteiger partial charge in [0.2, 0.25) is 0 Å². The second-order valence-corrected chi connectivity index (χ2v) is 5.06. The zero-order valence-electron chi connectivity index (χ0n) is 10.7. The van der Waals surface area contributed by atoms with E-state index in [1.54, 1.807) is 0 Å². The number of aryl methyl sites for hydroxylation is 1. The fourth-order valence-corrected chi connectivity index (χ4v) is 2.60. The normalized spacial score (nSPS) is 20.2. The predicted octanol–water partition coefficient (Wildman–Crippen LogP) is 1.56. The van der Waals surface area contributed by atoms with Gasteiger partial charge in [0.05, 0.1) is 0 Å². The highest BCUT2D eigenvalue weighted by Gasteiger charge is 2.33. The third-order valence-corrected chi connectivity index (χ3v) is 3.52. The van der Waals surface area contributed by atoms with Gasteiger partial charge in [0.25, 0.3) is 5.91 Å². The SMILES string of the molecule is Cc1[nH]nc(N)c1C(=O)N1CCCC1C(C)C. The number of nitrogens with two attached hydrogens (primary N) is 1. The van der Waals surface area contributed by atoms with Gasteiger partial charge in [-0.3, -0.25) is 9.89 Å². The van der Waals surface area contributed by atoms with Crippen molar-refractivity contribution in [3.63, 3.8) is 0 Å². The molecular formula is C12H20N4O. The number of hydrogen-bond donors (Lipinski definition) is 2. The molecule has 3 N–H and O–H groups in total. The number of nitrogens with one attached hydrogen (secondary N) is 1. The maximum atomic E-state index is 12.5. The molecule has 1 fully saturated rings. The molecule has 0 radical (unpaired) electrons. The molecule has 5 nitrogen and oxygen atoms in total. The van der Waals surface area contributed by atoms with E-state index < -0.39 is 0 Å². The van der Waals surface area contributed by atoms with Crippen LogP contribution in [0.3, 0.4) is 0 Å². The van der Waals surface area contributed by atoms with E-state index in [1.165, 1.54) is 0 Å². The fourth-order valence-electron chi connectivity index (χ4n) is 2.60. The van der Waals surface area contributed by atoms with E-state index in [0.717, 1.165) is 25.1 Å².